The molecule has 2 rings (SSSR count). The zero-order valence-electron chi connectivity index (χ0n) is 8.06. The van der Waals surface area contributed by atoms with Crippen molar-refractivity contribution < 1.29 is 8.42 Å². The highest BCUT2D eigenvalue weighted by atomic mass is 35.5. The Hall–Kier alpha value is -0.780. The molecule has 1 aliphatic rings. The summed E-state index contributed by atoms with van der Waals surface area (Å²) in [6.45, 7) is 0.890. The monoisotopic (exact) mass is 248 g/mol. The van der Waals surface area contributed by atoms with Gasteiger partial charge in [0.1, 0.15) is 0 Å². The third-order valence-corrected chi connectivity index (χ3v) is 3.35. The lowest BCUT2D eigenvalue weighted by Crippen LogP contribution is -2.19. The Morgan fingerprint density at radius 3 is 2.73 bits per heavy atom. The Labute approximate surface area is 95.3 Å². The van der Waals surface area contributed by atoms with Crippen molar-refractivity contribution in [3.8, 4) is 0 Å². The number of nitrogens with two attached hydrogens (primary N) is 1. The van der Waals surface area contributed by atoms with Crippen LogP contribution in [-0.2, 0) is 16.4 Å². The Morgan fingerprint density at radius 1 is 1.33 bits per heavy atom. The Bertz CT molecular complexity index is 459. The third-order valence-electron chi connectivity index (χ3n) is 2.36. The van der Waals surface area contributed by atoms with Gasteiger partial charge in [-0.25, -0.2) is 13.6 Å². The number of nitrogens with one attached hydrogen (secondary N) is 1. The standard InChI is InChI=1S/C9H12N2O2S.ClH/c10-14(12,13)9-5-1-4-8-7(9)3-2-6-11-8;/h1,4-5,11H,2-3,6H2,(H2,10,12,13);1H. The molecule has 0 radical (unpaired) electrons. The Morgan fingerprint density at radius 2 is 2.07 bits per heavy atom. The average molecular weight is 249 g/mol. The molecule has 0 fully saturated rings. The lowest BCUT2D eigenvalue weighted by atomic mass is 10.0. The SMILES string of the molecule is Cl.NS(=O)(=O)c1cccc2c1CCCN2. The molecule has 0 bridgehead atoms. The van der Waals surface area contributed by atoms with E-state index in [2.05, 4.69) is 5.32 Å². The minimum Gasteiger partial charge on any atom is -0.385 e. The molecule has 6 heteroatoms. The molecule has 0 aromatic heterocycles. The first-order valence-electron chi connectivity index (χ1n) is 4.47. The molecule has 0 spiro atoms. The number of hydrogen-bond donors (Lipinski definition) is 2. The van der Waals surface area contributed by atoms with Gasteiger partial charge in [0, 0.05) is 12.2 Å². The molecule has 0 atom stereocenters. The molecule has 1 aromatic rings. The van der Waals surface area contributed by atoms with Crippen molar-refractivity contribution in [1.29, 1.82) is 0 Å². The van der Waals surface area contributed by atoms with Crippen LogP contribution in [0.4, 0.5) is 5.69 Å². The van der Waals surface area contributed by atoms with Crippen LogP contribution >= 0.6 is 12.4 Å². The highest BCUT2D eigenvalue weighted by Gasteiger charge is 2.18. The maximum atomic E-state index is 11.3. The normalized spacial score (nSPS) is 14.7. The van der Waals surface area contributed by atoms with Gasteiger partial charge in [-0.15, -0.1) is 12.4 Å². The first-order valence-corrected chi connectivity index (χ1v) is 6.02. The number of rotatable bonds is 1. The van der Waals surface area contributed by atoms with Crippen LogP contribution in [0.25, 0.3) is 0 Å². The molecule has 4 nitrogen and oxygen atoms in total. The number of anilines is 1. The maximum absolute atomic E-state index is 11.3. The second-order valence-corrected chi connectivity index (χ2v) is 4.89. The molecular weight excluding hydrogens is 236 g/mol. The zero-order valence-corrected chi connectivity index (χ0v) is 9.70. The van der Waals surface area contributed by atoms with Crippen molar-refractivity contribution in [3.05, 3.63) is 23.8 Å². The molecule has 0 unspecified atom stereocenters. The maximum Gasteiger partial charge on any atom is 0.238 e. The van der Waals surface area contributed by atoms with Crippen LogP contribution in [0.1, 0.15) is 12.0 Å². The van der Waals surface area contributed by atoms with Crippen molar-refractivity contribution in [2.45, 2.75) is 17.7 Å². The largest absolute Gasteiger partial charge is 0.385 e. The van der Waals surface area contributed by atoms with Crippen LogP contribution in [0.15, 0.2) is 23.1 Å². The van der Waals surface area contributed by atoms with Crippen LogP contribution in [0.3, 0.4) is 0 Å². The predicted octanol–water partition coefficient (Wildman–Crippen LogP) is 1.11. The minimum atomic E-state index is -3.58. The highest BCUT2D eigenvalue weighted by Crippen LogP contribution is 2.27. The molecular formula is C9H13ClN2O2S. The van der Waals surface area contributed by atoms with Crippen LogP contribution in [0.5, 0.6) is 0 Å². The zero-order chi connectivity index (χ0) is 10.2. The topological polar surface area (TPSA) is 72.2 Å². The fourth-order valence-electron chi connectivity index (χ4n) is 1.74. The van der Waals surface area contributed by atoms with Crippen LogP contribution in [0, 0.1) is 0 Å². The van der Waals surface area contributed by atoms with Gasteiger partial charge >= 0.3 is 0 Å². The molecule has 15 heavy (non-hydrogen) atoms. The van der Waals surface area contributed by atoms with E-state index >= 15 is 0 Å². The van der Waals surface area contributed by atoms with Gasteiger partial charge in [-0.3, -0.25) is 0 Å². The lowest BCUT2D eigenvalue weighted by Gasteiger charge is -2.19. The summed E-state index contributed by atoms with van der Waals surface area (Å²) in [5.41, 5.74) is 1.71. The van der Waals surface area contributed by atoms with Gasteiger partial charge in [0.05, 0.1) is 4.90 Å². The van der Waals surface area contributed by atoms with Gasteiger partial charge < -0.3 is 5.32 Å². The molecule has 0 amide bonds. The fourth-order valence-corrected chi connectivity index (χ4v) is 2.57. The van der Waals surface area contributed by atoms with Crippen molar-refractivity contribution >= 4 is 28.1 Å². The first kappa shape index (κ1) is 12.3. The molecule has 0 saturated heterocycles. The summed E-state index contributed by atoms with van der Waals surface area (Å²) in [6, 6.07) is 5.14. The first-order chi connectivity index (χ1) is 6.59. The summed E-state index contributed by atoms with van der Waals surface area (Å²) in [5, 5.41) is 8.28. The van der Waals surface area contributed by atoms with Crippen LogP contribution < -0.4 is 10.5 Å². The number of benzene rings is 1. The number of sulfonamides is 1. The van der Waals surface area contributed by atoms with E-state index in [1.807, 2.05) is 6.07 Å². The molecule has 3 N–H and O–H groups in total. The van der Waals surface area contributed by atoms with E-state index in [0.717, 1.165) is 30.6 Å². The summed E-state index contributed by atoms with van der Waals surface area (Å²) < 4.78 is 22.5. The van der Waals surface area contributed by atoms with Crippen molar-refractivity contribution in [2.75, 3.05) is 11.9 Å². The summed E-state index contributed by atoms with van der Waals surface area (Å²) in [6.07, 6.45) is 1.72. The van der Waals surface area contributed by atoms with Crippen molar-refractivity contribution in [3.63, 3.8) is 0 Å². The second kappa shape index (κ2) is 4.38. The van der Waals surface area contributed by atoms with Gasteiger partial charge in [-0.05, 0) is 30.5 Å². The van der Waals surface area contributed by atoms with Crippen molar-refractivity contribution in [1.82, 2.24) is 0 Å². The van der Waals surface area contributed by atoms with Gasteiger partial charge in [-0.1, -0.05) is 6.07 Å². The summed E-state index contributed by atoms with van der Waals surface area (Å²) in [5.74, 6) is 0. The third kappa shape index (κ3) is 2.42. The van der Waals surface area contributed by atoms with Gasteiger partial charge in [0.2, 0.25) is 10.0 Å². The Kier molecular flexibility index (Phi) is 3.59. The van der Waals surface area contributed by atoms with Gasteiger partial charge in [0.25, 0.3) is 0 Å². The molecule has 0 saturated carbocycles. The molecule has 1 heterocycles. The average Bonchev–Trinajstić information content (AvgIpc) is 2.15. The van der Waals surface area contributed by atoms with Crippen molar-refractivity contribution in [2.24, 2.45) is 5.14 Å². The minimum absolute atomic E-state index is 0. The molecule has 0 aliphatic carbocycles. The number of halogens is 1. The summed E-state index contributed by atoms with van der Waals surface area (Å²) in [4.78, 5) is 0.252. The molecule has 84 valence electrons. The fraction of sp³-hybridized carbons (Fsp3) is 0.333. The highest BCUT2D eigenvalue weighted by molar-refractivity contribution is 7.89. The van der Waals surface area contributed by atoms with Crippen LogP contribution in [0.2, 0.25) is 0 Å². The smallest absolute Gasteiger partial charge is 0.238 e. The van der Waals surface area contributed by atoms with E-state index in [-0.39, 0.29) is 17.3 Å². The lowest BCUT2D eigenvalue weighted by molar-refractivity contribution is 0.596. The second-order valence-electron chi connectivity index (χ2n) is 3.36. The quantitative estimate of drug-likeness (QED) is 0.782. The molecule has 1 aromatic carbocycles. The van der Waals surface area contributed by atoms with Gasteiger partial charge in [-0.2, -0.15) is 0 Å². The summed E-state index contributed by atoms with van der Waals surface area (Å²) in [7, 11) is -3.58. The van der Waals surface area contributed by atoms with E-state index in [0.29, 0.717) is 0 Å². The van der Waals surface area contributed by atoms with E-state index < -0.39 is 10.0 Å². The predicted molar refractivity (Wildman–Crippen MR) is 61.9 cm³/mol. The Balaban J connectivity index is 0.00000112. The number of primary sulfonamides is 1. The van der Waals surface area contributed by atoms with Gasteiger partial charge in [0.15, 0.2) is 0 Å². The number of hydrogen-bond acceptors (Lipinski definition) is 3. The number of fused-ring (bicyclic) bond motifs is 1. The van der Waals surface area contributed by atoms with E-state index in [9.17, 15) is 8.42 Å². The molecule has 1 aliphatic heterocycles. The van der Waals surface area contributed by atoms with E-state index in [1.54, 1.807) is 12.1 Å². The summed E-state index contributed by atoms with van der Waals surface area (Å²) >= 11 is 0. The van der Waals surface area contributed by atoms with E-state index in [4.69, 9.17) is 5.14 Å². The van der Waals surface area contributed by atoms with E-state index in [1.165, 1.54) is 0 Å². The van der Waals surface area contributed by atoms with Crippen LogP contribution in [-0.4, -0.2) is 15.0 Å².